The van der Waals surface area contributed by atoms with Crippen molar-refractivity contribution in [2.24, 2.45) is 5.73 Å². The molecule has 0 radical (unpaired) electrons. The highest BCUT2D eigenvalue weighted by atomic mass is 35.5. The number of pyridine rings is 2. The number of halogens is 1. The van der Waals surface area contributed by atoms with Crippen LogP contribution in [0.1, 0.15) is 18.9 Å². The van der Waals surface area contributed by atoms with E-state index in [-0.39, 0.29) is 0 Å². The number of ether oxygens (including phenoxy) is 1. The van der Waals surface area contributed by atoms with Gasteiger partial charge in [-0.2, -0.15) is 11.8 Å². The van der Waals surface area contributed by atoms with Crippen molar-refractivity contribution in [2.75, 3.05) is 12.9 Å². The molecule has 108 valence electrons. The van der Waals surface area contributed by atoms with Gasteiger partial charge in [0.05, 0.1) is 12.0 Å². The molecule has 0 saturated carbocycles. The molecule has 6 heteroatoms. The SMILES string of the molecule is CSC(C)CCOc1ncc(CN)c2cc(Cl)ncc12. The van der Waals surface area contributed by atoms with Gasteiger partial charge in [-0.3, -0.25) is 0 Å². The Bertz CT molecular complexity index is 594. The molecule has 0 aromatic carbocycles. The van der Waals surface area contributed by atoms with Gasteiger partial charge < -0.3 is 10.5 Å². The minimum Gasteiger partial charge on any atom is -0.477 e. The summed E-state index contributed by atoms with van der Waals surface area (Å²) in [6, 6.07) is 1.80. The monoisotopic (exact) mass is 311 g/mol. The fraction of sp³-hybridized carbons (Fsp3) is 0.429. The largest absolute Gasteiger partial charge is 0.477 e. The Balaban J connectivity index is 2.26. The minimum atomic E-state index is 0.410. The van der Waals surface area contributed by atoms with E-state index in [4.69, 9.17) is 22.1 Å². The van der Waals surface area contributed by atoms with Crippen LogP contribution in [0.5, 0.6) is 5.88 Å². The molecule has 0 fully saturated rings. The molecule has 2 aromatic heterocycles. The van der Waals surface area contributed by atoms with Crippen molar-refractivity contribution in [3.05, 3.63) is 29.2 Å². The number of thioether (sulfide) groups is 1. The zero-order valence-electron chi connectivity index (χ0n) is 11.6. The summed E-state index contributed by atoms with van der Waals surface area (Å²) in [6.45, 7) is 3.22. The summed E-state index contributed by atoms with van der Waals surface area (Å²) in [4.78, 5) is 8.44. The topological polar surface area (TPSA) is 61.0 Å². The molecule has 0 spiro atoms. The summed E-state index contributed by atoms with van der Waals surface area (Å²) >= 11 is 7.77. The molecule has 0 aliphatic carbocycles. The molecule has 0 aliphatic heterocycles. The number of hydrogen-bond acceptors (Lipinski definition) is 5. The lowest BCUT2D eigenvalue weighted by atomic mass is 10.1. The minimum absolute atomic E-state index is 0.410. The number of hydrogen-bond donors (Lipinski definition) is 1. The third kappa shape index (κ3) is 3.53. The Morgan fingerprint density at radius 1 is 1.35 bits per heavy atom. The Labute approximate surface area is 128 Å². The summed E-state index contributed by atoms with van der Waals surface area (Å²) in [6.07, 6.45) is 6.51. The van der Waals surface area contributed by atoms with Gasteiger partial charge in [0.25, 0.3) is 0 Å². The Morgan fingerprint density at radius 3 is 2.85 bits per heavy atom. The van der Waals surface area contributed by atoms with E-state index >= 15 is 0 Å². The molecule has 2 N–H and O–H groups in total. The Kier molecular flexibility index (Phi) is 5.46. The zero-order valence-corrected chi connectivity index (χ0v) is 13.2. The van der Waals surface area contributed by atoms with E-state index in [0.29, 0.717) is 29.4 Å². The van der Waals surface area contributed by atoms with Gasteiger partial charge in [0.2, 0.25) is 5.88 Å². The standard InChI is InChI=1S/C14H18ClN3OS/c1-9(20-2)3-4-19-14-12-8-17-13(15)5-11(12)10(6-16)7-18-14/h5,7-9H,3-4,6,16H2,1-2H3. The van der Waals surface area contributed by atoms with E-state index < -0.39 is 0 Å². The van der Waals surface area contributed by atoms with Crippen molar-refractivity contribution in [1.82, 2.24) is 9.97 Å². The molecule has 1 unspecified atom stereocenters. The lowest BCUT2D eigenvalue weighted by molar-refractivity contribution is 0.303. The number of fused-ring (bicyclic) bond motifs is 1. The lowest BCUT2D eigenvalue weighted by Gasteiger charge is -2.12. The molecule has 0 bridgehead atoms. The van der Waals surface area contributed by atoms with Gasteiger partial charge in [-0.15, -0.1) is 0 Å². The van der Waals surface area contributed by atoms with Crippen LogP contribution in [0.3, 0.4) is 0 Å². The maximum atomic E-state index is 5.95. The van der Waals surface area contributed by atoms with Crippen molar-refractivity contribution in [1.29, 1.82) is 0 Å². The molecule has 20 heavy (non-hydrogen) atoms. The first-order valence-electron chi connectivity index (χ1n) is 6.44. The predicted molar refractivity (Wildman–Crippen MR) is 85.5 cm³/mol. The molecule has 1 atom stereocenters. The van der Waals surface area contributed by atoms with E-state index in [0.717, 1.165) is 22.8 Å². The van der Waals surface area contributed by atoms with Crippen LogP contribution >= 0.6 is 23.4 Å². The van der Waals surface area contributed by atoms with Crippen LogP contribution in [0.4, 0.5) is 0 Å². The maximum Gasteiger partial charge on any atom is 0.222 e. The van der Waals surface area contributed by atoms with Crippen molar-refractivity contribution < 1.29 is 4.74 Å². The fourth-order valence-corrected chi connectivity index (χ4v) is 2.35. The van der Waals surface area contributed by atoms with Gasteiger partial charge >= 0.3 is 0 Å². The van der Waals surface area contributed by atoms with Crippen LogP contribution < -0.4 is 10.5 Å². The average Bonchev–Trinajstić information content (AvgIpc) is 2.46. The molecule has 0 saturated heterocycles. The summed E-state index contributed by atoms with van der Waals surface area (Å²) in [7, 11) is 0. The molecular weight excluding hydrogens is 294 g/mol. The van der Waals surface area contributed by atoms with Crippen molar-refractivity contribution >= 4 is 34.1 Å². The Morgan fingerprint density at radius 2 is 2.15 bits per heavy atom. The molecule has 4 nitrogen and oxygen atoms in total. The van der Waals surface area contributed by atoms with Gasteiger partial charge in [-0.05, 0) is 29.7 Å². The summed E-state index contributed by atoms with van der Waals surface area (Å²) in [5.41, 5.74) is 6.67. The smallest absolute Gasteiger partial charge is 0.222 e. The summed E-state index contributed by atoms with van der Waals surface area (Å²) in [5.74, 6) is 0.592. The molecule has 0 aliphatic rings. The number of nitrogens with zero attached hydrogens (tertiary/aromatic N) is 2. The van der Waals surface area contributed by atoms with Gasteiger partial charge in [0.1, 0.15) is 5.15 Å². The van der Waals surface area contributed by atoms with Crippen LogP contribution in [0, 0.1) is 0 Å². The molecular formula is C14H18ClN3OS. The van der Waals surface area contributed by atoms with Crippen molar-refractivity contribution in [3.63, 3.8) is 0 Å². The van der Waals surface area contributed by atoms with E-state index in [9.17, 15) is 0 Å². The first-order valence-corrected chi connectivity index (χ1v) is 8.11. The normalized spacial score (nSPS) is 12.6. The third-order valence-corrected chi connectivity index (χ3v) is 4.42. The van der Waals surface area contributed by atoms with Crippen LogP contribution in [0.15, 0.2) is 18.5 Å². The summed E-state index contributed by atoms with van der Waals surface area (Å²) < 4.78 is 5.78. The predicted octanol–water partition coefficient (Wildman–Crippen LogP) is 3.26. The first kappa shape index (κ1) is 15.4. The van der Waals surface area contributed by atoms with Gasteiger partial charge in [0, 0.05) is 24.2 Å². The second-order valence-corrected chi connectivity index (χ2v) is 6.19. The molecule has 2 aromatic rings. The number of nitrogens with two attached hydrogens (primary N) is 1. The summed E-state index contributed by atoms with van der Waals surface area (Å²) in [5, 5.41) is 2.82. The lowest BCUT2D eigenvalue weighted by Crippen LogP contribution is -2.07. The third-order valence-electron chi connectivity index (χ3n) is 3.17. The molecule has 0 amide bonds. The highest BCUT2D eigenvalue weighted by Gasteiger charge is 2.10. The second-order valence-electron chi connectivity index (χ2n) is 4.53. The zero-order chi connectivity index (χ0) is 14.5. The quantitative estimate of drug-likeness (QED) is 0.830. The highest BCUT2D eigenvalue weighted by molar-refractivity contribution is 7.99. The second kappa shape index (κ2) is 7.11. The van der Waals surface area contributed by atoms with E-state index in [1.807, 2.05) is 11.8 Å². The van der Waals surface area contributed by atoms with E-state index in [1.54, 1.807) is 18.5 Å². The van der Waals surface area contributed by atoms with Gasteiger partial charge in [-0.1, -0.05) is 18.5 Å². The van der Waals surface area contributed by atoms with Crippen LogP contribution in [0.2, 0.25) is 5.15 Å². The average molecular weight is 312 g/mol. The Hall–Kier alpha value is -1.04. The molecule has 2 rings (SSSR count). The number of aromatic nitrogens is 2. The van der Waals surface area contributed by atoms with Crippen molar-refractivity contribution in [3.8, 4) is 5.88 Å². The van der Waals surface area contributed by atoms with Gasteiger partial charge in [0.15, 0.2) is 0 Å². The van der Waals surface area contributed by atoms with Crippen LogP contribution in [-0.4, -0.2) is 28.1 Å². The van der Waals surface area contributed by atoms with Crippen LogP contribution in [-0.2, 0) is 6.54 Å². The van der Waals surface area contributed by atoms with E-state index in [1.165, 1.54) is 0 Å². The van der Waals surface area contributed by atoms with Crippen LogP contribution in [0.25, 0.3) is 10.8 Å². The fourth-order valence-electron chi connectivity index (χ4n) is 1.86. The number of rotatable bonds is 6. The molecule has 2 heterocycles. The van der Waals surface area contributed by atoms with Crippen molar-refractivity contribution in [2.45, 2.75) is 25.1 Å². The highest BCUT2D eigenvalue weighted by Crippen LogP contribution is 2.27. The first-order chi connectivity index (χ1) is 9.65. The van der Waals surface area contributed by atoms with Gasteiger partial charge in [-0.25, -0.2) is 9.97 Å². The van der Waals surface area contributed by atoms with E-state index in [2.05, 4.69) is 23.1 Å². The maximum absolute atomic E-state index is 5.95.